The molecule has 4 rings (SSSR count). The molecule has 2 amide bonds. The summed E-state index contributed by atoms with van der Waals surface area (Å²) in [5.74, 6) is 2.10. The molecule has 4 heterocycles. The summed E-state index contributed by atoms with van der Waals surface area (Å²) in [5.41, 5.74) is 0. The monoisotopic (exact) mass is 367 g/mol. The second-order valence-electron chi connectivity index (χ2n) is 6.59. The molecular formula is C18H21N7O2. The van der Waals surface area contributed by atoms with Gasteiger partial charge in [-0.1, -0.05) is 6.07 Å². The van der Waals surface area contributed by atoms with Crippen molar-refractivity contribution < 1.29 is 9.59 Å². The van der Waals surface area contributed by atoms with Gasteiger partial charge < -0.3 is 20.4 Å². The van der Waals surface area contributed by atoms with Crippen molar-refractivity contribution in [2.24, 2.45) is 0 Å². The Labute approximate surface area is 156 Å². The minimum absolute atomic E-state index is 0.0153. The van der Waals surface area contributed by atoms with Crippen LogP contribution in [0.2, 0.25) is 0 Å². The van der Waals surface area contributed by atoms with Gasteiger partial charge in [-0.25, -0.2) is 4.98 Å². The third-order valence-corrected chi connectivity index (χ3v) is 4.78. The number of hydrogen-bond donors (Lipinski definition) is 2. The van der Waals surface area contributed by atoms with Crippen molar-refractivity contribution in [2.75, 3.05) is 36.4 Å². The van der Waals surface area contributed by atoms with E-state index in [0.29, 0.717) is 50.7 Å². The summed E-state index contributed by atoms with van der Waals surface area (Å²) >= 11 is 0. The average molecular weight is 367 g/mol. The summed E-state index contributed by atoms with van der Waals surface area (Å²) in [6, 6.07) is 9.02. The number of hydrogen-bond acceptors (Lipinski definition) is 7. The molecule has 2 saturated heterocycles. The zero-order valence-electron chi connectivity index (χ0n) is 14.8. The number of nitrogens with one attached hydrogen (secondary N) is 2. The van der Waals surface area contributed by atoms with Crippen LogP contribution in [0.3, 0.4) is 0 Å². The Balaban J connectivity index is 1.31. The summed E-state index contributed by atoms with van der Waals surface area (Å²) in [5, 5.41) is 14.3. The number of pyridine rings is 1. The van der Waals surface area contributed by atoms with Gasteiger partial charge in [0.15, 0.2) is 11.6 Å². The summed E-state index contributed by atoms with van der Waals surface area (Å²) < 4.78 is 0. The van der Waals surface area contributed by atoms with Crippen molar-refractivity contribution in [2.45, 2.75) is 18.9 Å². The van der Waals surface area contributed by atoms with E-state index < -0.39 is 0 Å². The van der Waals surface area contributed by atoms with Gasteiger partial charge >= 0.3 is 0 Å². The average Bonchev–Trinajstić information content (AvgIpc) is 3.15. The number of aromatic nitrogens is 3. The number of carbonyl (C=O) groups excluding carboxylic acids is 2. The van der Waals surface area contributed by atoms with Crippen LogP contribution >= 0.6 is 0 Å². The van der Waals surface area contributed by atoms with Gasteiger partial charge in [0.05, 0.1) is 0 Å². The summed E-state index contributed by atoms with van der Waals surface area (Å²) in [7, 11) is 0. The Morgan fingerprint density at radius 1 is 1.07 bits per heavy atom. The van der Waals surface area contributed by atoms with Crippen molar-refractivity contribution in [1.29, 1.82) is 0 Å². The highest BCUT2D eigenvalue weighted by molar-refractivity contribution is 5.90. The number of rotatable bonds is 4. The van der Waals surface area contributed by atoms with Crippen LogP contribution in [-0.2, 0) is 9.59 Å². The first-order chi connectivity index (χ1) is 13.2. The molecule has 2 aromatic rings. The lowest BCUT2D eigenvalue weighted by molar-refractivity contribution is -0.134. The molecule has 0 saturated carbocycles. The van der Waals surface area contributed by atoms with E-state index in [4.69, 9.17) is 0 Å². The first kappa shape index (κ1) is 17.2. The van der Waals surface area contributed by atoms with Gasteiger partial charge in [-0.05, 0) is 30.7 Å². The van der Waals surface area contributed by atoms with E-state index in [2.05, 4.69) is 30.7 Å². The highest BCUT2D eigenvalue weighted by atomic mass is 16.2. The minimum Gasteiger partial charge on any atom is -0.352 e. The minimum atomic E-state index is -0.360. The third-order valence-electron chi connectivity index (χ3n) is 4.78. The molecule has 0 radical (unpaired) electrons. The van der Waals surface area contributed by atoms with Crippen molar-refractivity contribution in [1.82, 2.24) is 25.4 Å². The zero-order chi connectivity index (χ0) is 18.6. The Morgan fingerprint density at radius 3 is 2.56 bits per heavy atom. The van der Waals surface area contributed by atoms with Crippen LogP contribution in [0.5, 0.6) is 0 Å². The molecule has 0 aromatic carbocycles. The second kappa shape index (κ2) is 7.56. The smallest absolute Gasteiger partial charge is 0.245 e. The maximum atomic E-state index is 12.5. The molecule has 140 valence electrons. The van der Waals surface area contributed by atoms with E-state index in [-0.39, 0.29) is 17.9 Å². The lowest BCUT2D eigenvalue weighted by Crippen LogP contribution is -2.53. The van der Waals surface area contributed by atoms with Crippen molar-refractivity contribution in [3.63, 3.8) is 0 Å². The van der Waals surface area contributed by atoms with E-state index in [1.54, 1.807) is 6.20 Å². The van der Waals surface area contributed by atoms with Crippen LogP contribution in [-0.4, -0.2) is 64.1 Å². The maximum absolute atomic E-state index is 12.5. The van der Waals surface area contributed by atoms with Gasteiger partial charge in [-0.3, -0.25) is 9.59 Å². The number of amides is 2. The molecular weight excluding hydrogens is 346 g/mol. The van der Waals surface area contributed by atoms with Crippen LogP contribution in [0.15, 0.2) is 36.5 Å². The van der Waals surface area contributed by atoms with Crippen molar-refractivity contribution in [3.8, 4) is 0 Å². The largest absolute Gasteiger partial charge is 0.352 e. The predicted octanol–water partition coefficient (Wildman–Crippen LogP) is 0.542. The molecule has 2 N–H and O–H groups in total. The van der Waals surface area contributed by atoms with Gasteiger partial charge in [0.1, 0.15) is 11.9 Å². The molecule has 9 nitrogen and oxygen atoms in total. The molecule has 1 unspecified atom stereocenters. The fraction of sp³-hybridized carbons (Fsp3) is 0.389. The molecule has 2 aliphatic heterocycles. The Kier molecular flexibility index (Phi) is 4.82. The zero-order valence-corrected chi connectivity index (χ0v) is 14.8. The molecule has 0 aliphatic carbocycles. The van der Waals surface area contributed by atoms with Gasteiger partial charge in [0.2, 0.25) is 11.8 Å². The van der Waals surface area contributed by atoms with E-state index in [0.717, 1.165) is 5.82 Å². The number of nitrogens with zero attached hydrogens (tertiary/aromatic N) is 5. The van der Waals surface area contributed by atoms with Crippen LogP contribution < -0.4 is 15.5 Å². The standard InChI is InChI=1S/C18H21N7O2/c26-17-7-4-13(20-17)18(27)25-11-9-24(10-12-25)16-6-5-15(22-23-16)21-14-3-1-2-8-19-14/h1-3,5-6,8,13H,4,7,9-12H2,(H,20,26)(H,19,21,22). The fourth-order valence-corrected chi connectivity index (χ4v) is 3.30. The molecule has 2 aromatic heterocycles. The first-order valence-electron chi connectivity index (χ1n) is 9.04. The molecule has 2 aliphatic rings. The maximum Gasteiger partial charge on any atom is 0.245 e. The van der Waals surface area contributed by atoms with E-state index in [1.807, 2.05) is 35.2 Å². The van der Waals surface area contributed by atoms with Crippen LogP contribution in [0, 0.1) is 0 Å². The number of carbonyl (C=O) groups is 2. The molecule has 1 atom stereocenters. The SMILES string of the molecule is O=C1CCC(C(=O)N2CCN(c3ccc(Nc4ccccn4)nn3)CC2)N1. The normalized spacial score (nSPS) is 19.7. The molecule has 0 bridgehead atoms. The quantitative estimate of drug-likeness (QED) is 0.813. The van der Waals surface area contributed by atoms with Crippen molar-refractivity contribution >= 4 is 29.3 Å². The van der Waals surface area contributed by atoms with Gasteiger partial charge in [0, 0.05) is 38.8 Å². The highest BCUT2D eigenvalue weighted by Gasteiger charge is 2.32. The number of piperazine rings is 1. The Morgan fingerprint density at radius 2 is 1.93 bits per heavy atom. The summed E-state index contributed by atoms with van der Waals surface area (Å²) in [4.78, 5) is 31.9. The molecule has 2 fully saturated rings. The fourth-order valence-electron chi connectivity index (χ4n) is 3.30. The summed E-state index contributed by atoms with van der Waals surface area (Å²) in [6.45, 7) is 2.60. The van der Waals surface area contributed by atoms with Crippen LogP contribution in [0.1, 0.15) is 12.8 Å². The topological polar surface area (TPSA) is 103 Å². The van der Waals surface area contributed by atoms with Gasteiger partial charge in [-0.2, -0.15) is 0 Å². The predicted molar refractivity (Wildman–Crippen MR) is 99.5 cm³/mol. The highest BCUT2D eigenvalue weighted by Crippen LogP contribution is 2.17. The van der Waals surface area contributed by atoms with Gasteiger partial charge in [-0.15, -0.1) is 10.2 Å². The Bertz CT molecular complexity index is 804. The van der Waals surface area contributed by atoms with Crippen LogP contribution in [0.25, 0.3) is 0 Å². The second-order valence-corrected chi connectivity index (χ2v) is 6.59. The van der Waals surface area contributed by atoms with E-state index in [1.165, 1.54) is 0 Å². The lowest BCUT2D eigenvalue weighted by atomic mass is 10.2. The van der Waals surface area contributed by atoms with Crippen LogP contribution in [0.4, 0.5) is 17.5 Å². The third kappa shape index (κ3) is 3.97. The van der Waals surface area contributed by atoms with Crippen molar-refractivity contribution in [3.05, 3.63) is 36.5 Å². The lowest BCUT2D eigenvalue weighted by Gasteiger charge is -2.36. The molecule has 9 heteroatoms. The molecule has 27 heavy (non-hydrogen) atoms. The number of anilines is 3. The first-order valence-corrected chi connectivity index (χ1v) is 9.04. The molecule has 0 spiro atoms. The van der Waals surface area contributed by atoms with E-state index in [9.17, 15) is 9.59 Å². The van der Waals surface area contributed by atoms with E-state index >= 15 is 0 Å². The summed E-state index contributed by atoms with van der Waals surface area (Å²) in [6.07, 6.45) is 2.74. The van der Waals surface area contributed by atoms with Gasteiger partial charge in [0.25, 0.3) is 0 Å². The Hall–Kier alpha value is -3.23.